The first-order valence-corrected chi connectivity index (χ1v) is 13.8. The van der Waals surface area contributed by atoms with Gasteiger partial charge in [0, 0.05) is 19.0 Å². The number of aromatic nitrogens is 2. The number of thiophene rings is 1. The number of amides is 1. The van der Waals surface area contributed by atoms with Crippen LogP contribution in [0.15, 0.2) is 46.3 Å². The molecule has 2 aliphatic rings. The summed E-state index contributed by atoms with van der Waals surface area (Å²) in [5.74, 6) is 1.52. The SMILES string of the molecule is O=C(NCc1ccc(CN2CCCCCC2)cc1)C1CCN(Cc2nc(-c3cccs3)no2)CC1. The van der Waals surface area contributed by atoms with Gasteiger partial charge in [0.1, 0.15) is 0 Å². The highest BCUT2D eigenvalue weighted by molar-refractivity contribution is 7.13. The zero-order chi connectivity index (χ0) is 23.9. The largest absolute Gasteiger partial charge is 0.352 e. The minimum atomic E-state index is 0.0675. The van der Waals surface area contributed by atoms with Crippen LogP contribution in [0.25, 0.3) is 10.7 Å². The van der Waals surface area contributed by atoms with Crippen LogP contribution >= 0.6 is 11.3 Å². The average Bonchev–Trinajstić information content (AvgIpc) is 3.52. The van der Waals surface area contributed by atoms with Gasteiger partial charge in [0.2, 0.25) is 17.6 Å². The average molecular weight is 494 g/mol. The van der Waals surface area contributed by atoms with Crippen molar-refractivity contribution in [1.29, 1.82) is 0 Å². The van der Waals surface area contributed by atoms with E-state index in [1.807, 2.05) is 17.5 Å². The lowest BCUT2D eigenvalue weighted by molar-refractivity contribution is -0.126. The van der Waals surface area contributed by atoms with Crippen molar-refractivity contribution in [3.63, 3.8) is 0 Å². The second-order valence-electron chi connectivity index (χ2n) is 9.76. The number of nitrogens with one attached hydrogen (secondary N) is 1. The van der Waals surface area contributed by atoms with Crippen molar-refractivity contribution in [2.75, 3.05) is 26.2 Å². The molecule has 0 bridgehead atoms. The molecular formula is C27H35N5O2S. The van der Waals surface area contributed by atoms with Gasteiger partial charge in [-0.05, 0) is 74.4 Å². The highest BCUT2D eigenvalue weighted by Gasteiger charge is 2.26. The molecule has 0 aliphatic carbocycles. The van der Waals surface area contributed by atoms with Crippen molar-refractivity contribution < 1.29 is 9.32 Å². The van der Waals surface area contributed by atoms with Crippen LogP contribution in [0, 0.1) is 5.92 Å². The lowest BCUT2D eigenvalue weighted by atomic mass is 9.96. The number of piperidine rings is 1. The van der Waals surface area contributed by atoms with E-state index >= 15 is 0 Å². The summed E-state index contributed by atoms with van der Waals surface area (Å²) >= 11 is 1.61. The molecule has 2 fully saturated rings. The summed E-state index contributed by atoms with van der Waals surface area (Å²) in [6.45, 7) is 6.40. The molecule has 0 saturated carbocycles. The summed E-state index contributed by atoms with van der Waals surface area (Å²) in [5, 5.41) is 9.25. The monoisotopic (exact) mass is 493 g/mol. The Morgan fingerprint density at radius 3 is 2.37 bits per heavy atom. The van der Waals surface area contributed by atoms with Crippen molar-refractivity contribution in [3.05, 3.63) is 58.8 Å². The van der Waals surface area contributed by atoms with E-state index in [2.05, 4.69) is 49.5 Å². The van der Waals surface area contributed by atoms with Gasteiger partial charge in [-0.25, -0.2) is 0 Å². The van der Waals surface area contributed by atoms with Crippen LogP contribution in [-0.2, 0) is 24.4 Å². The van der Waals surface area contributed by atoms with E-state index in [1.54, 1.807) is 11.3 Å². The van der Waals surface area contributed by atoms with Crippen molar-refractivity contribution in [1.82, 2.24) is 25.3 Å². The van der Waals surface area contributed by atoms with E-state index in [9.17, 15) is 4.79 Å². The fourth-order valence-corrected chi connectivity index (χ4v) is 5.67. The molecule has 3 aromatic rings. The molecule has 8 heteroatoms. The van der Waals surface area contributed by atoms with Crippen LogP contribution in [0.2, 0.25) is 0 Å². The summed E-state index contributed by atoms with van der Waals surface area (Å²) in [7, 11) is 0. The fourth-order valence-electron chi connectivity index (χ4n) is 5.02. The molecule has 0 unspecified atom stereocenters. The third-order valence-electron chi connectivity index (χ3n) is 7.12. The summed E-state index contributed by atoms with van der Waals surface area (Å²) in [5.41, 5.74) is 2.52. The molecule has 35 heavy (non-hydrogen) atoms. The Labute approximate surface area is 211 Å². The molecule has 5 rings (SSSR count). The molecule has 1 amide bonds. The molecular weight excluding hydrogens is 458 g/mol. The third kappa shape index (κ3) is 6.78. The van der Waals surface area contributed by atoms with Crippen LogP contribution < -0.4 is 5.32 Å². The first-order valence-electron chi connectivity index (χ1n) is 12.9. The standard InChI is InChI=1S/C27H35N5O2S/c33-27(28-18-21-7-9-22(10-8-21)19-31-13-3-1-2-4-14-31)23-11-15-32(16-12-23)20-25-29-26(30-34-25)24-6-5-17-35-24/h5-10,17,23H,1-4,11-16,18-20H2,(H,28,33). The van der Waals surface area contributed by atoms with Gasteiger partial charge in [0.15, 0.2) is 0 Å². The smallest absolute Gasteiger partial charge is 0.241 e. The zero-order valence-electron chi connectivity index (χ0n) is 20.3. The van der Waals surface area contributed by atoms with E-state index < -0.39 is 0 Å². The van der Waals surface area contributed by atoms with Gasteiger partial charge >= 0.3 is 0 Å². The van der Waals surface area contributed by atoms with Crippen LogP contribution in [0.5, 0.6) is 0 Å². The topological polar surface area (TPSA) is 74.5 Å². The number of rotatable bonds is 8. The summed E-state index contributed by atoms with van der Waals surface area (Å²) < 4.78 is 5.43. The van der Waals surface area contributed by atoms with E-state index in [0.29, 0.717) is 24.8 Å². The highest BCUT2D eigenvalue weighted by atomic mass is 32.1. The fraction of sp³-hybridized carbons (Fsp3) is 0.519. The third-order valence-corrected chi connectivity index (χ3v) is 7.99. The van der Waals surface area contributed by atoms with E-state index in [1.165, 1.54) is 44.3 Å². The van der Waals surface area contributed by atoms with Crippen LogP contribution in [-0.4, -0.2) is 52.0 Å². The van der Waals surface area contributed by atoms with Gasteiger partial charge in [0.05, 0.1) is 11.4 Å². The molecule has 0 radical (unpaired) electrons. The van der Waals surface area contributed by atoms with Gasteiger partial charge < -0.3 is 9.84 Å². The summed E-state index contributed by atoms with van der Waals surface area (Å²) in [4.78, 5) is 23.1. The Bertz CT molecular complexity index is 1050. The van der Waals surface area contributed by atoms with Gasteiger partial charge in [-0.15, -0.1) is 11.3 Å². The molecule has 1 N–H and O–H groups in total. The Morgan fingerprint density at radius 2 is 1.66 bits per heavy atom. The minimum Gasteiger partial charge on any atom is -0.352 e. The maximum absolute atomic E-state index is 12.8. The van der Waals surface area contributed by atoms with Crippen molar-refractivity contribution in [2.24, 2.45) is 5.92 Å². The van der Waals surface area contributed by atoms with Crippen molar-refractivity contribution in [2.45, 2.75) is 58.2 Å². The molecule has 1 aromatic carbocycles. The molecule has 2 saturated heterocycles. The first-order chi connectivity index (χ1) is 17.2. The van der Waals surface area contributed by atoms with E-state index in [0.717, 1.165) is 42.9 Å². The minimum absolute atomic E-state index is 0.0675. The predicted octanol–water partition coefficient (Wildman–Crippen LogP) is 4.70. The maximum Gasteiger partial charge on any atom is 0.241 e. The summed E-state index contributed by atoms with van der Waals surface area (Å²) in [6, 6.07) is 12.7. The van der Waals surface area contributed by atoms with Gasteiger partial charge in [0.25, 0.3) is 0 Å². The van der Waals surface area contributed by atoms with Gasteiger partial charge in [-0.1, -0.05) is 48.3 Å². The lowest BCUT2D eigenvalue weighted by Crippen LogP contribution is -2.40. The molecule has 4 heterocycles. The van der Waals surface area contributed by atoms with Crippen LogP contribution in [0.4, 0.5) is 0 Å². The number of benzene rings is 1. The number of carbonyl (C=O) groups excluding carboxylic acids is 1. The summed E-state index contributed by atoms with van der Waals surface area (Å²) in [6.07, 6.45) is 7.07. The number of hydrogen-bond acceptors (Lipinski definition) is 7. The number of likely N-dealkylation sites (tertiary alicyclic amines) is 2. The Balaban J connectivity index is 1.03. The zero-order valence-corrected chi connectivity index (χ0v) is 21.1. The van der Waals surface area contributed by atoms with E-state index in [-0.39, 0.29) is 11.8 Å². The number of hydrogen-bond donors (Lipinski definition) is 1. The molecule has 186 valence electrons. The lowest BCUT2D eigenvalue weighted by Gasteiger charge is -2.30. The second kappa shape index (κ2) is 11.9. The molecule has 2 aliphatic heterocycles. The second-order valence-corrected chi connectivity index (χ2v) is 10.7. The number of nitrogens with zero attached hydrogens (tertiary/aromatic N) is 4. The predicted molar refractivity (Wildman–Crippen MR) is 138 cm³/mol. The maximum atomic E-state index is 12.8. The molecule has 0 atom stereocenters. The van der Waals surface area contributed by atoms with E-state index in [4.69, 9.17) is 4.52 Å². The Morgan fingerprint density at radius 1 is 0.943 bits per heavy atom. The highest BCUT2D eigenvalue weighted by Crippen LogP contribution is 2.23. The van der Waals surface area contributed by atoms with Gasteiger partial charge in [-0.3, -0.25) is 14.6 Å². The van der Waals surface area contributed by atoms with Crippen molar-refractivity contribution in [3.8, 4) is 10.7 Å². The van der Waals surface area contributed by atoms with Crippen molar-refractivity contribution >= 4 is 17.2 Å². The normalized spacial score (nSPS) is 18.4. The Kier molecular flexibility index (Phi) is 8.23. The van der Waals surface area contributed by atoms with Crippen LogP contribution in [0.3, 0.4) is 0 Å². The van der Waals surface area contributed by atoms with Gasteiger partial charge in [-0.2, -0.15) is 4.98 Å². The first kappa shape index (κ1) is 24.2. The molecule has 0 spiro atoms. The number of carbonyl (C=O) groups is 1. The quantitative estimate of drug-likeness (QED) is 0.490. The Hall–Kier alpha value is -2.55. The molecule has 2 aromatic heterocycles. The van der Waals surface area contributed by atoms with Crippen LogP contribution in [0.1, 0.15) is 55.5 Å². The molecule has 7 nitrogen and oxygen atoms in total.